The van der Waals surface area contributed by atoms with Crippen molar-refractivity contribution in [1.82, 2.24) is 0 Å². The largest absolute Gasteiger partial charge is 0.464 e. The van der Waals surface area contributed by atoms with Gasteiger partial charge in [-0.15, -0.1) is 0 Å². The maximum atomic E-state index is 13.0. The lowest BCUT2D eigenvalue weighted by Gasteiger charge is -2.32. The third-order valence-corrected chi connectivity index (χ3v) is 4.94. The van der Waals surface area contributed by atoms with Gasteiger partial charge in [-0.3, -0.25) is 4.79 Å². The Morgan fingerprint density at radius 3 is 1.88 bits per heavy atom. The van der Waals surface area contributed by atoms with Crippen LogP contribution in [0.5, 0.6) is 0 Å². The lowest BCUT2D eigenvalue weighted by Crippen LogP contribution is -2.53. The third kappa shape index (κ3) is 5.27. The summed E-state index contributed by atoms with van der Waals surface area (Å²) in [6.07, 6.45) is -12.3. The molecular weight excluding hydrogens is 470 g/mol. The Morgan fingerprint density at radius 2 is 1.44 bits per heavy atom. The molecule has 0 fully saturated rings. The Bertz CT molecular complexity index is 1020. The summed E-state index contributed by atoms with van der Waals surface area (Å²) in [4.78, 5) is 25.1. The average Bonchev–Trinajstić information content (AvgIpc) is 2.75. The summed E-state index contributed by atoms with van der Waals surface area (Å²) >= 11 is 0. The first-order valence-electron chi connectivity index (χ1n) is 9.80. The van der Waals surface area contributed by atoms with Gasteiger partial charge in [0, 0.05) is 12.0 Å². The van der Waals surface area contributed by atoms with Gasteiger partial charge >= 0.3 is 18.3 Å². The minimum Gasteiger partial charge on any atom is -0.464 e. The molecule has 0 saturated heterocycles. The summed E-state index contributed by atoms with van der Waals surface area (Å²) in [6.45, 7) is 2.50. The van der Waals surface area contributed by atoms with E-state index in [0.29, 0.717) is 17.7 Å². The van der Waals surface area contributed by atoms with Gasteiger partial charge in [-0.1, -0.05) is 42.5 Å². The van der Waals surface area contributed by atoms with E-state index >= 15 is 0 Å². The number of esters is 1. The predicted molar refractivity (Wildman–Crippen MR) is 107 cm³/mol. The molecule has 0 aromatic heterocycles. The van der Waals surface area contributed by atoms with Crippen LogP contribution in [-0.2, 0) is 26.3 Å². The highest BCUT2D eigenvalue weighted by molar-refractivity contribution is 6.08. The van der Waals surface area contributed by atoms with Gasteiger partial charge in [0.1, 0.15) is 0 Å². The fraction of sp³-hybridized carbons (Fsp3) is 0.364. The predicted octanol–water partition coefficient (Wildman–Crippen LogP) is 5.22. The van der Waals surface area contributed by atoms with Crippen LogP contribution >= 0.6 is 0 Å². The molecular formula is C22H20F6N2O4. The number of hydrogen-bond acceptors (Lipinski definition) is 6. The molecule has 12 heteroatoms. The fourth-order valence-electron chi connectivity index (χ4n) is 3.03. The molecule has 34 heavy (non-hydrogen) atoms. The highest BCUT2D eigenvalue weighted by Crippen LogP contribution is 2.50. The van der Waals surface area contributed by atoms with Gasteiger partial charge in [0.15, 0.2) is 5.78 Å². The first-order chi connectivity index (χ1) is 15.7. The van der Waals surface area contributed by atoms with Crippen LogP contribution in [0.15, 0.2) is 64.8 Å². The van der Waals surface area contributed by atoms with Crippen molar-refractivity contribution >= 4 is 17.4 Å². The highest BCUT2D eigenvalue weighted by atomic mass is 19.4. The number of alkyl halides is 6. The maximum absolute atomic E-state index is 13.0. The highest BCUT2D eigenvalue weighted by Gasteiger charge is 2.71. The fourth-order valence-corrected chi connectivity index (χ4v) is 3.03. The van der Waals surface area contributed by atoms with E-state index in [4.69, 9.17) is 4.74 Å². The van der Waals surface area contributed by atoms with Gasteiger partial charge in [-0.25, -0.2) is 4.79 Å². The Balaban J connectivity index is 2.49. The zero-order chi connectivity index (χ0) is 25.8. The van der Waals surface area contributed by atoms with Crippen LogP contribution in [0.2, 0.25) is 0 Å². The van der Waals surface area contributed by atoms with Crippen LogP contribution in [0.25, 0.3) is 0 Å². The minimum absolute atomic E-state index is 0.0830. The molecule has 0 heterocycles. The number of aliphatic hydroxyl groups is 1. The maximum Gasteiger partial charge on any atom is 0.430 e. The first kappa shape index (κ1) is 27.0. The molecule has 2 aromatic carbocycles. The Morgan fingerprint density at radius 1 is 0.912 bits per heavy atom. The molecule has 0 aliphatic rings. The molecule has 0 aliphatic carbocycles. The van der Waals surface area contributed by atoms with Crippen molar-refractivity contribution in [3.8, 4) is 0 Å². The van der Waals surface area contributed by atoms with Crippen LogP contribution in [0.4, 0.5) is 32.0 Å². The van der Waals surface area contributed by atoms with Crippen molar-refractivity contribution < 1.29 is 45.8 Å². The number of nitrogens with zero attached hydrogens (tertiary/aromatic N) is 2. The number of carbonyl (C=O) groups is 2. The van der Waals surface area contributed by atoms with Crippen molar-refractivity contribution in [2.75, 3.05) is 6.61 Å². The molecule has 0 bridgehead atoms. The van der Waals surface area contributed by atoms with Crippen molar-refractivity contribution in [2.45, 2.75) is 43.8 Å². The number of Topliss-reactive ketones (excluding diaryl/α,β-unsaturated/α-hetero) is 1. The number of hydrogen-bond donors (Lipinski definition) is 1. The molecule has 2 aromatic rings. The van der Waals surface area contributed by atoms with E-state index in [1.807, 2.05) is 0 Å². The molecule has 1 N–H and O–H groups in total. The molecule has 184 valence electrons. The van der Waals surface area contributed by atoms with Crippen molar-refractivity contribution in [3.63, 3.8) is 0 Å². The molecule has 0 aliphatic heterocycles. The van der Waals surface area contributed by atoms with Gasteiger partial charge in [-0.05, 0) is 31.5 Å². The molecule has 0 radical (unpaired) electrons. The van der Waals surface area contributed by atoms with Crippen LogP contribution < -0.4 is 0 Å². The van der Waals surface area contributed by atoms with Crippen LogP contribution in [0, 0.1) is 0 Å². The molecule has 0 amide bonds. The van der Waals surface area contributed by atoms with Crippen LogP contribution in [0.1, 0.15) is 25.0 Å². The lowest BCUT2D eigenvalue weighted by molar-refractivity contribution is -0.376. The van der Waals surface area contributed by atoms with Gasteiger partial charge in [0.25, 0.3) is 5.60 Å². The molecule has 1 unspecified atom stereocenters. The smallest absolute Gasteiger partial charge is 0.430 e. The number of ether oxygens (including phenoxy) is 1. The normalized spacial score (nSPS) is 14.6. The summed E-state index contributed by atoms with van der Waals surface area (Å²) < 4.78 is 83.3. The molecule has 6 nitrogen and oxygen atoms in total. The van der Waals surface area contributed by atoms with Crippen molar-refractivity contribution in [3.05, 3.63) is 65.7 Å². The quantitative estimate of drug-likeness (QED) is 0.238. The van der Waals surface area contributed by atoms with Crippen molar-refractivity contribution in [1.29, 1.82) is 0 Å². The van der Waals surface area contributed by atoms with E-state index in [1.165, 1.54) is 6.92 Å². The van der Waals surface area contributed by atoms with Gasteiger partial charge in [-0.2, -0.15) is 36.6 Å². The third-order valence-electron chi connectivity index (χ3n) is 4.94. The van der Waals surface area contributed by atoms with Crippen LogP contribution in [-0.4, -0.2) is 41.4 Å². The van der Waals surface area contributed by atoms with E-state index in [1.54, 1.807) is 30.3 Å². The average molecular weight is 490 g/mol. The number of halogens is 6. The van der Waals surface area contributed by atoms with E-state index in [9.17, 15) is 41.0 Å². The summed E-state index contributed by atoms with van der Waals surface area (Å²) in [7, 11) is 0. The first-order valence-corrected chi connectivity index (χ1v) is 9.80. The molecule has 0 spiro atoms. The number of carbonyl (C=O) groups excluding carboxylic acids is 2. The topological polar surface area (TPSA) is 88.3 Å². The lowest BCUT2D eigenvalue weighted by atomic mass is 9.88. The minimum atomic E-state index is -6.04. The summed E-state index contributed by atoms with van der Waals surface area (Å²) in [5, 5.41) is 17.0. The van der Waals surface area contributed by atoms with Crippen molar-refractivity contribution in [2.24, 2.45) is 10.2 Å². The number of ketones is 1. The Hall–Kier alpha value is -3.28. The second kappa shape index (κ2) is 9.92. The summed E-state index contributed by atoms with van der Waals surface area (Å²) in [5.74, 6) is -1.76. The second-order valence-electron chi connectivity index (χ2n) is 7.25. The standard InChI is InChI=1S/C22H20F6N2O4/c1-3-34-18(32)19(14(2)31,13-15-7-5-4-6-8-15)30-29-17-11-9-16(10-12-17)20(33,21(23,24)25)22(26,27)28/h4-12,33H,3,13H2,1-2H3. The second-order valence-corrected chi connectivity index (χ2v) is 7.25. The zero-order valence-electron chi connectivity index (χ0n) is 17.9. The van der Waals surface area contributed by atoms with E-state index < -0.39 is 40.8 Å². The number of azo groups is 1. The summed E-state index contributed by atoms with van der Waals surface area (Å²) in [6, 6.07) is 10.5. The Kier molecular flexibility index (Phi) is 7.87. The number of rotatable bonds is 8. The summed E-state index contributed by atoms with van der Waals surface area (Å²) in [5.41, 5.74) is -8.45. The number of benzene rings is 2. The molecule has 2 rings (SSSR count). The Labute approximate surface area is 190 Å². The monoisotopic (exact) mass is 490 g/mol. The van der Waals surface area contributed by atoms with E-state index in [2.05, 4.69) is 10.2 Å². The molecule has 1 atom stereocenters. The van der Waals surface area contributed by atoms with Gasteiger partial charge < -0.3 is 9.84 Å². The van der Waals surface area contributed by atoms with E-state index in [-0.39, 0.29) is 18.7 Å². The zero-order valence-corrected chi connectivity index (χ0v) is 17.9. The van der Waals surface area contributed by atoms with Crippen LogP contribution in [0.3, 0.4) is 0 Å². The van der Waals surface area contributed by atoms with Gasteiger partial charge in [0.05, 0.1) is 12.3 Å². The SMILES string of the molecule is CCOC(=O)C(Cc1ccccc1)(N=Nc1ccc(C(O)(C(F)(F)F)C(F)(F)F)cc1)C(C)=O. The molecule has 0 saturated carbocycles. The van der Waals surface area contributed by atoms with E-state index in [0.717, 1.165) is 19.1 Å². The van der Waals surface area contributed by atoms with Gasteiger partial charge in [0.2, 0.25) is 5.54 Å².